The third-order valence-corrected chi connectivity index (χ3v) is 7.49. The zero-order chi connectivity index (χ0) is 23.3. The lowest BCUT2D eigenvalue weighted by Crippen LogP contribution is -2.31. The number of hydrogen-bond donors (Lipinski definition) is 1. The number of carbonyl (C=O) groups is 1. The maximum absolute atomic E-state index is 13.8. The number of rotatable bonds is 4. The molecule has 0 spiro atoms. The van der Waals surface area contributed by atoms with Gasteiger partial charge in [-0.05, 0) is 31.5 Å². The van der Waals surface area contributed by atoms with Gasteiger partial charge in [-0.15, -0.1) is 11.3 Å². The van der Waals surface area contributed by atoms with Crippen molar-refractivity contribution in [1.82, 2.24) is 19.9 Å². The molecule has 0 radical (unpaired) electrons. The van der Waals surface area contributed by atoms with Crippen molar-refractivity contribution in [3.8, 4) is 16.2 Å². The van der Waals surface area contributed by atoms with Crippen LogP contribution in [0.5, 0.6) is 5.75 Å². The van der Waals surface area contributed by atoms with Crippen LogP contribution in [0.1, 0.15) is 33.8 Å². The summed E-state index contributed by atoms with van der Waals surface area (Å²) in [6, 6.07) is 10.8. The number of likely N-dealkylation sites (tertiary alicyclic amines) is 1. The number of aromatic nitrogens is 3. The van der Waals surface area contributed by atoms with Crippen molar-refractivity contribution in [2.45, 2.75) is 19.4 Å². The zero-order valence-corrected chi connectivity index (χ0v) is 20.3. The zero-order valence-electron chi connectivity index (χ0n) is 18.0. The molecule has 0 unspecified atom stereocenters. The molecule has 33 heavy (non-hydrogen) atoms. The van der Waals surface area contributed by atoms with E-state index in [1.807, 2.05) is 37.3 Å². The third kappa shape index (κ3) is 3.90. The second-order valence-electron chi connectivity index (χ2n) is 7.92. The summed E-state index contributed by atoms with van der Waals surface area (Å²) >= 11 is 14.1. The van der Waals surface area contributed by atoms with Crippen LogP contribution in [-0.2, 0) is 0 Å². The first-order chi connectivity index (χ1) is 15.9. The summed E-state index contributed by atoms with van der Waals surface area (Å²) < 4.78 is 5.31. The number of amides is 1. The minimum Gasteiger partial charge on any atom is -0.497 e. The van der Waals surface area contributed by atoms with Crippen LogP contribution in [0, 0.1) is 6.92 Å². The molecule has 1 amide bonds. The van der Waals surface area contributed by atoms with Crippen LogP contribution in [-0.4, -0.2) is 39.4 Å². The normalized spacial score (nSPS) is 16.1. The SMILES string of the molecule is C=C1C[C@@H](c2nc3ccc(OC)cc3[nH]2)N(C(=O)c2nc(C)sc2-c2cccc(Cl)c2Cl)C1. The minimum atomic E-state index is -0.270. The number of ether oxygens (including phenoxy) is 1. The van der Waals surface area contributed by atoms with Crippen LogP contribution in [0.15, 0.2) is 48.6 Å². The van der Waals surface area contributed by atoms with Crippen LogP contribution in [0.3, 0.4) is 0 Å². The fourth-order valence-corrected chi connectivity index (χ4v) is 5.51. The highest BCUT2D eigenvalue weighted by atomic mass is 35.5. The van der Waals surface area contributed by atoms with Gasteiger partial charge in [-0.25, -0.2) is 9.97 Å². The molecule has 9 heteroatoms. The van der Waals surface area contributed by atoms with E-state index in [9.17, 15) is 4.79 Å². The first-order valence-corrected chi connectivity index (χ1v) is 11.9. The Kier molecular flexibility index (Phi) is 5.64. The van der Waals surface area contributed by atoms with Crippen molar-refractivity contribution in [1.29, 1.82) is 0 Å². The largest absolute Gasteiger partial charge is 0.497 e. The van der Waals surface area contributed by atoms with Crippen LogP contribution >= 0.6 is 34.5 Å². The van der Waals surface area contributed by atoms with Gasteiger partial charge in [0.2, 0.25) is 0 Å². The van der Waals surface area contributed by atoms with Crippen molar-refractivity contribution in [2.75, 3.05) is 13.7 Å². The van der Waals surface area contributed by atoms with Gasteiger partial charge >= 0.3 is 0 Å². The molecule has 1 saturated heterocycles. The van der Waals surface area contributed by atoms with Crippen molar-refractivity contribution < 1.29 is 9.53 Å². The van der Waals surface area contributed by atoms with E-state index in [1.54, 1.807) is 18.1 Å². The number of imidazole rings is 1. The quantitative estimate of drug-likeness (QED) is 0.328. The maximum atomic E-state index is 13.8. The topological polar surface area (TPSA) is 71.1 Å². The lowest BCUT2D eigenvalue weighted by molar-refractivity contribution is 0.0728. The van der Waals surface area contributed by atoms with Gasteiger partial charge in [-0.1, -0.05) is 47.5 Å². The van der Waals surface area contributed by atoms with Crippen molar-refractivity contribution in [3.05, 3.63) is 75.1 Å². The molecule has 4 aromatic rings. The number of halogens is 2. The third-order valence-electron chi connectivity index (χ3n) is 5.67. The van der Waals surface area contributed by atoms with Gasteiger partial charge in [0.15, 0.2) is 0 Å². The molecule has 1 aliphatic heterocycles. The van der Waals surface area contributed by atoms with Crippen LogP contribution < -0.4 is 4.74 Å². The summed E-state index contributed by atoms with van der Waals surface area (Å²) in [6.45, 7) is 6.44. The van der Waals surface area contributed by atoms with Gasteiger partial charge in [0.05, 0.1) is 44.1 Å². The second-order valence-corrected chi connectivity index (χ2v) is 9.91. The van der Waals surface area contributed by atoms with Gasteiger partial charge in [0, 0.05) is 18.2 Å². The Morgan fingerprint density at radius 2 is 2.09 bits per heavy atom. The number of thiazole rings is 1. The Balaban J connectivity index is 1.55. The van der Waals surface area contributed by atoms with Gasteiger partial charge < -0.3 is 14.6 Å². The van der Waals surface area contributed by atoms with Crippen LogP contribution in [0.4, 0.5) is 0 Å². The number of carbonyl (C=O) groups excluding carboxylic acids is 1. The van der Waals surface area contributed by atoms with E-state index in [-0.39, 0.29) is 11.9 Å². The molecule has 3 heterocycles. The first-order valence-electron chi connectivity index (χ1n) is 10.3. The summed E-state index contributed by atoms with van der Waals surface area (Å²) in [5.41, 5.74) is 3.68. The molecule has 0 saturated carbocycles. The number of H-pyrrole nitrogens is 1. The van der Waals surface area contributed by atoms with Crippen molar-refractivity contribution in [2.24, 2.45) is 0 Å². The van der Waals surface area contributed by atoms with E-state index in [2.05, 4.69) is 16.5 Å². The Morgan fingerprint density at radius 1 is 1.27 bits per heavy atom. The Labute approximate surface area is 204 Å². The summed E-state index contributed by atoms with van der Waals surface area (Å²) in [6.07, 6.45) is 0.624. The fourth-order valence-electron chi connectivity index (χ4n) is 4.12. The number of fused-ring (bicyclic) bond motifs is 1. The van der Waals surface area contributed by atoms with E-state index in [0.717, 1.165) is 27.4 Å². The average Bonchev–Trinajstić information content (AvgIpc) is 3.50. The molecule has 6 nitrogen and oxygen atoms in total. The van der Waals surface area contributed by atoms with Gasteiger partial charge in [-0.3, -0.25) is 4.79 Å². The second kappa shape index (κ2) is 8.48. The maximum Gasteiger partial charge on any atom is 0.274 e. The molecule has 1 aliphatic rings. The molecule has 2 aromatic carbocycles. The van der Waals surface area contributed by atoms with Crippen molar-refractivity contribution in [3.63, 3.8) is 0 Å². The standard InChI is InChI=1S/C24H20Cl2N4O2S/c1-12-9-19(23-28-17-8-7-14(32-3)10-18(17)29-23)30(11-12)24(31)21-22(33-13(2)27-21)15-5-4-6-16(25)20(15)26/h4-8,10,19H,1,9,11H2,2-3H3,(H,28,29)/t19-/m0/s1. The molecule has 5 rings (SSSR count). The lowest BCUT2D eigenvalue weighted by atomic mass is 10.1. The van der Waals surface area contributed by atoms with Crippen LogP contribution in [0.25, 0.3) is 21.5 Å². The molecule has 1 fully saturated rings. The summed E-state index contributed by atoms with van der Waals surface area (Å²) in [5, 5.41) is 1.61. The predicted molar refractivity (Wildman–Crippen MR) is 132 cm³/mol. The number of nitrogens with zero attached hydrogens (tertiary/aromatic N) is 3. The van der Waals surface area contributed by atoms with E-state index in [0.29, 0.717) is 45.0 Å². The number of aryl methyl sites for hydroxylation is 1. The fraction of sp³-hybridized carbons (Fsp3) is 0.208. The van der Waals surface area contributed by atoms with Crippen molar-refractivity contribution >= 4 is 51.5 Å². The molecule has 0 bridgehead atoms. The minimum absolute atomic E-state index is 0.188. The summed E-state index contributed by atoms with van der Waals surface area (Å²) in [5.74, 6) is 1.26. The number of nitrogens with one attached hydrogen (secondary N) is 1. The molecule has 1 atom stereocenters. The van der Waals surface area contributed by atoms with E-state index in [1.165, 1.54) is 11.3 Å². The molecular weight excluding hydrogens is 479 g/mol. The number of benzene rings is 2. The summed E-state index contributed by atoms with van der Waals surface area (Å²) in [4.78, 5) is 28.9. The smallest absolute Gasteiger partial charge is 0.274 e. The molecule has 0 aliphatic carbocycles. The molecule has 168 valence electrons. The highest BCUT2D eigenvalue weighted by Crippen LogP contribution is 2.41. The highest BCUT2D eigenvalue weighted by molar-refractivity contribution is 7.15. The average molecular weight is 499 g/mol. The van der Waals surface area contributed by atoms with Crippen LogP contribution in [0.2, 0.25) is 10.0 Å². The van der Waals surface area contributed by atoms with E-state index >= 15 is 0 Å². The first kappa shape index (κ1) is 21.9. The molecule has 2 aromatic heterocycles. The summed E-state index contributed by atoms with van der Waals surface area (Å²) in [7, 11) is 1.62. The Bertz CT molecular complexity index is 1410. The van der Waals surface area contributed by atoms with E-state index in [4.69, 9.17) is 32.9 Å². The Morgan fingerprint density at radius 3 is 2.88 bits per heavy atom. The number of aromatic amines is 1. The lowest BCUT2D eigenvalue weighted by Gasteiger charge is -2.22. The highest BCUT2D eigenvalue weighted by Gasteiger charge is 2.37. The van der Waals surface area contributed by atoms with Gasteiger partial charge in [-0.2, -0.15) is 0 Å². The van der Waals surface area contributed by atoms with E-state index < -0.39 is 0 Å². The number of methoxy groups -OCH3 is 1. The predicted octanol–water partition coefficient (Wildman–Crippen LogP) is 6.45. The molecule has 1 N–H and O–H groups in total. The van der Waals surface area contributed by atoms with Gasteiger partial charge in [0.1, 0.15) is 17.3 Å². The van der Waals surface area contributed by atoms with Gasteiger partial charge in [0.25, 0.3) is 5.91 Å². The monoisotopic (exact) mass is 498 g/mol. The number of hydrogen-bond acceptors (Lipinski definition) is 5. The Hall–Kier alpha value is -2.87. The molecular formula is C24H20Cl2N4O2S.